The van der Waals surface area contributed by atoms with Crippen molar-refractivity contribution < 1.29 is 29.1 Å². The van der Waals surface area contributed by atoms with E-state index in [1.165, 1.54) is 23.5 Å². The number of unbranched alkanes of at least 4 members (excludes halogenated alkanes) is 1. The van der Waals surface area contributed by atoms with E-state index in [1.54, 1.807) is 0 Å². The summed E-state index contributed by atoms with van der Waals surface area (Å²) in [7, 11) is 0. The van der Waals surface area contributed by atoms with Crippen LogP contribution in [-0.4, -0.2) is 89.4 Å². The van der Waals surface area contributed by atoms with Crippen molar-refractivity contribution in [2.24, 2.45) is 17.2 Å². The second-order valence-electron chi connectivity index (χ2n) is 7.65. The monoisotopic (exact) mass is 522 g/mol. The number of rotatable bonds is 19. The van der Waals surface area contributed by atoms with E-state index >= 15 is 0 Å². The van der Waals surface area contributed by atoms with Gasteiger partial charge in [-0.1, -0.05) is 6.42 Å². The van der Waals surface area contributed by atoms with Crippen LogP contribution in [0.1, 0.15) is 38.5 Å². The van der Waals surface area contributed by atoms with E-state index in [0.29, 0.717) is 37.3 Å². The van der Waals surface area contributed by atoms with Crippen molar-refractivity contribution in [2.45, 2.75) is 62.7 Å². The summed E-state index contributed by atoms with van der Waals surface area (Å²) in [4.78, 5) is 61.0. The zero-order chi connectivity index (χ0) is 26.1. The number of amides is 4. The Balaban J connectivity index is 5.36. The zero-order valence-electron chi connectivity index (χ0n) is 19.7. The van der Waals surface area contributed by atoms with Crippen LogP contribution >= 0.6 is 23.5 Å². The van der Waals surface area contributed by atoms with Crippen molar-refractivity contribution >= 4 is 53.1 Å². The molecule has 0 rings (SSSR count). The third kappa shape index (κ3) is 13.6. The summed E-state index contributed by atoms with van der Waals surface area (Å²) in [5.41, 5.74) is 16.5. The van der Waals surface area contributed by atoms with Crippen molar-refractivity contribution in [2.75, 3.05) is 30.6 Å². The quantitative estimate of drug-likeness (QED) is 0.0959. The Hall–Kier alpha value is -2.03. The average molecular weight is 523 g/mol. The zero-order valence-corrected chi connectivity index (χ0v) is 21.3. The van der Waals surface area contributed by atoms with Crippen LogP contribution in [0, 0.1) is 0 Å². The molecule has 0 bridgehead atoms. The highest BCUT2D eigenvalue weighted by atomic mass is 32.2. The van der Waals surface area contributed by atoms with Gasteiger partial charge in [-0.15, -0.1) is 0 Å². The minimum absolute atomic E-state index is 0.212. The van der Waals surface area contributed by atoms with Crippen molar-refractivity contribution in [1.82, 2.24) is 16.0 Å². The molecule has 4 amide bonds. The third-order valence-electron chi connectivity index (χ3n) is 4.81. The molecule has 0 spiro atoms. The normalized spacial score (nSPS) is 14.4. The van der Waals surface area contributed by atoms with Gasteiger partial charge in [-0.25, -0.2) is 4.79 Å². The molecular weight excluding hydrogens is 484 g/mol. The van der Waals surface area contributed by atoms with Gasteiger partial charge in [-0.05, 0) is 56.2 Å². The van der Waals surface area contributed by atoms with Crippen LogP contribution in [0.4, 0.5) is 0 Å². The number of hydrogen-bond acceptors (Lipinski definition) is 9. The molecule has 196 valence electrons. The number of nitrogens with two attached hydrogens (primary N) is 3. The summed E-state index contributed by atoms with van der Waals surface area (Å²) in [6.07, 6.45) is 5.23. The van der Waals surface area contributed by atoms with Gasteiger partial charge in [0.15, 0.2) is 0 Å². The summed E-state index contributed by atoms with van der Waals surface area (Å²) in [6, 6.07) is -4.41. The minimum Gasteiger partial charge on any atom is -0.480 e. The number of primary amides is 1. The highest BCUT2D eigenvalue weighted by Gasteiger charge is 2.30. The first-order valence-electron chi connectivity index (χ1n) is 10.9. The van der Waals surface area contributed by atoms with Gasteiger partial charge in [0.2, 0.25) is 23.6 Å². The Morgan fingerprint density at radius 2 is 1.29 bits per heavy atom. The number of nitrogens with one attached hydrogen (secondary N) is 3. The van der Waals surface area contributed by atoms with Crippen molar-refractivity contribution in [3.63, 3.8) is 0 Å². The first-order valence-corrected chi connectivity index (χ1v) is 13.7. The highest BCUT2D eigenvalue weighted by molar-refractivity contribution is 7.98. The van der Waals surface area contributed by atoms with Gasteiger partial charge < -0.3 is 38.3 Å². The number of hydrogen-bond donors (Lipinski definition) is 7. The summed E-state index contributed by atoms with van der Waals surface area (Å²) in [5.74, 6) is -3.08. The molecule has 0 aliphatic rings. The Labute approximate surface area is 208 Å². The predicted octanol–water partition coefficient (Wildman–Crippen LogP) is -1.64. The number of carboxylic acid groups (broad SMARTS) is 1. The Kier molecular flexibility index (Phi) is 17.2. The van der Waals surface area contributed by atoms with Crippen LogP contribution in [0.25, 0.3) is 0 Å². The summed E-state index contributed by atoms with van der Waals surface area (Å²) < 4.78 is 0. The number of aliphatic carboxylic acids is 1. The molecule has 14 heteroatoms. The second kappa shape index (κ2) is 18.3. The summed E-state index contributed by atoms with van der Waals surface area (Å²) in [5, 5.41) is 16.8. The van der Waals surface area contributed by atoms with Gasteiger partial charge in [-0.2, -0.15) is 23.5 Å². The number of carbonyl (C=O) groups is 5. The van der Waals surface area contributed by atoms with Gasteiger partial charge >= 0.3 is 5.97 Å². The van der Waals surface area contributed by atoms with Gasteiger partial charge in [0.05, 0.1) is 12.5 Å². The first-order chi connectivity index (χ1) is 16.1. The Bertz CT molecular complexity index is 684. The second-order valence-corrected chi connectivity index (χ2v) is 9.62. The molecule has 0 aliphatic heterocycles. The fraction of sp³-hybridized carbons (Fsp3) is 0.750. The largest absolute Gasteiger partial charge is 0.480 e. The summed E-state index contributed by atoms with van der Waals surface area (Å²) >= 11 is 2.88. The van der Waals surface area contributed by atoms with Gasteiger partial charge in [0.1, 0.15) is 18.1 Å². The molecular formula is C20H38N6O6S2. The maximum atomic E-state index is 12.9. The molecule has 0 saturated carbocycles. The molecule has 0 aliphatic carbocycles. The molecule has 12 nitrogen and oxygen atoms in total. The van der Waals surface area contributed by atoms with Crippen LogP contribution in [0.5, 0.6) is 0 Å². The lowest BCUT2D eigenvalue weighted by Crippen LogP contribution is -2.57. The van der Waals surface area contributed by atoms with Crippen LogP contribution in [0.3, 0.4) is 0 Å². The topological polar surface area (TPSA) is 220 Å². The van der Waals surface area contributed by atoms with Crippen LogP contribution in [0.2, 0.25) is 0 Å². The molecule has 0 aromatic carbocycles. The number of carboxylic acids is 1. The van der Waals surface area contributed by atoms with Gasteiger partial charge in [0, 0.05) is 0 Å². The molecule has 4 unspecified atom stereocenters. The van der Waals surface area contributed by atoms with Crippen LogP contribution in [0.15, 0.2) is 0 Å². The number of thioether (sulfide) groups is 2. The lowest BCUT2D eigenvalue weighted by atomic mass is 10.1. The van der Waals surface area contributed by atoms with Crippen molar-refractivity contribution in [1.29, 1.82) is 0 Å². The smallest absolute Gasteiger partial charge is 0.326 e. The molecule has 34 heavy (non-hydrogen) atoms. The van der Waals surface area contributed by atoms with E-state index < -0.39 is 60.2 Å². The minimum atomic E-state index is -1.33. The molecule has 0 saturated heterocycles. The van der Waals surface area contributed by atoms with Gasteiger partial charge in [-0.3, -0.25) is 19.2 Å². The van der Waals surface area contributed by atoms with E-state index in [9.17, 15) is 29.1 Å². The van der Waals surface area contributed by atoms with E-state index in [0.717, 1.165) is 0 Å². The van der Waals surface area contributed by atoms with E-state index in [1.807, 2.05) is 12.5 Å². The van der Waals surface area contributed by atoms with Crippen LogP contribution in [-0.2, 0) is 24.0 Å². The van der Waals surface area contributed by atoms with Gasteiger partial charge in [0.25, 0.3) is 0 Å². The highest BCUT2D eigenvalue weighted by Crippen LogP contribution is 2.06. The van der Waals surface area contributed by atoms with Crippen LogP contribution < -0.4 is 33.2 Å². The SMILES string of the molecule is CSCCC(NC(=O)C(CCSC)NC(=O)C(CC(N)=O)NC(=O)C(N)CCCCN)C(=O)O. The predicted molar refractivity (Wildman–Crippen MR) is 134 cm³/mol. The first kappa shape index (κ1) is 32.0. The summed E-state index contributed by atoms with van der Waals surface area (Å²) in [6.45, 7) is 0.459. The fourth-order valence-electron chi connectivity index (χ4n) is 2.87. The molecule has 0 aromatic rings. The molecule has 4 atom stereocenters. The van der Waals surface area contributed by atoms with Crippen molar-refractivity contribution in [3.05, 3.63) is 0 Å². The lowest BCUT2D eigenvalue weighted by molar-refractivity contribution is -0.142. The molecule has 10 N–H and O–H groups in total. The number of carbonyl (C=O) groups excluding carboxylic acids is 4. The maximum absolute atomic E-state index is 12.9. The van der Waals surface area contributed by atoms with E-state index in [4.69, 9.17) is 17.2 Å². The molecule has 0 fully saturated rings. The standard InChI is InChI=1S/C20H38N6O6S2/c1-33-9-6-13(18(29)25-14(20(31)32)7-10-34-2)24-19(30)15(11-16(23)27)26-17(28)12(22)5-3-4-8-21/h12-15H,3-11,21-22H2,1-2H3,(H2,23,27)(H,24,30)(H,25,29)(H,26,28)(H,31,32). The maximum Gasteiger partial charge on any atom is 0.326 e. The lowest BCUT2D eigenvalue weighted by Gasteiger charge is -2.24. The van der Waals surface area contributed by atoms with E-state index in [2.05, 4.69) is 16.0 Å². The molecule has 0 radical (unpaired) electrons. The fourth-order valence-corrected chi connectivity index (χ4v) is 3.81. The van der Waals surface area contributed by atoms with E-state index in [-0.39, 0.29) is 12.8 Å². The third-order valence-corrected chi connectivity index (χ3v) is 6.10. The molecule has 0 aromatic heterocycles. The average Bonchev–Trinajstić information content (AvgIpc) is 2.77. The Morgan fingerprint density at radius 1 is 0.794 bits per heavy atom. The molecule has 0 heterocycles. The Morgan fingerprint density at radius 3 is 1.79 bits per heavy atom. The van der Waals surface area contributed by atoms with Crippen molar-refractivity contribution in [3.8, 4) is 0 Å².